The van der Waals surface area contributed by atoms with Crippen molar-refractivity contribution in [1.82, 2.24) is 9.78 Å². The van der Waals surface area contributed by atoms with Gasteiger partial charge in [0.2, 0.25) is 0 Å². The summed E-state index contributed by atoms with van der Waals surface area (Å²) in [6.45, 7) is 0. The first-order valence-electron chi connectivity index (χ1n) is 5.28. The summed E-state index contributed by atoms with van der Waals surface area (Å²) in [7, 11) is 0. The predicted molar refractivity (Wildman–Crippen MR) is 59.4 cm³/mol. The number of hydrogen-bond donors (Lipinski definition) is 1. The van der Waals surface area contributed by atoms with Crippen molar-refractivity contribution in [2.24, 2.45) is 0 Å². The minimum absolute atomic E-state index is 0.0388. The molecule has 2 aromatic rings. The number of carboxylic acids is 1. The SMILES string of the molecule is O=C(O)CCc1ccn(-c2ccc(F)cc2F)n1. The molecule has 0 aliphatic heterocycles. The van der Waals surface area contributed by atoms with E-state index in [4.69, 9.17) is 5.11 Å². The van der Waals surface area contributed by atoms with E-state index in [1.54, 1.807) is 6.07 Å². The standard InChI is InChI=1S/C12H10F2N2O2/c13-8-1-3-11(10(14)7-8)16-6-5-9(15-16)2-4-12(17)18/h1,3,5-7H,2,4H2,(H,17,18). The van der Waals surface area contributed by atoms with E-state index < -0.39 is 17.6 Å². The second-order valence-corrected chi connectivity index (χ2v) is 3.74. The van der Waals surface area contributed by atoms with Crippen LogP contribution >= 0.6 is 0 Å². The highest BCUT2D eigenvalue weighted by atomic mass is 19.1. The van der Waals surface area contributed by atoms with Gasteiger partial charge in [0.25, 0.3) is 0 Å². The molecule has 1 heterocycles. The van der Waals surface area contributed by atoms with Crippen LogP contribution in [0.15, 0.2) is 30.5 Å². The van der Waals surface area contributed by atoms with E-state index in [2.05, 4.69) is 5.10 Å². The molecule has 0 unspecified atom stereocenters. The Kier molecular flexibility index (Phi) is 3.36. The summed E-state index contributed by atoms with van der Waals surface area (Å²) >= 11 is 0. The molecule has 0 amide bonds. The van der Waals surface area contributed by atoms with Gasteiger partial charge in [0.05, 0.1) is 12.1 Å². The van der Waals surface area contributed by atoms with Crippen molar-refractivity contribution in [2.45, 2.75) is 12.8 Å². The van der Waals surface area contributed by atoms with Crippen LogP contribution in [0, 0.1) is 11.6 Å². The second kappa shape index (κ2) is 4.95. The number of benzene rings is 1. The van der Waals surface area contributed by atoms with Gasteiger partial charge in [-0.15, -0.1) is 0 Å². The van der Waals surface area contributed by atoms with Crippen LogP contribution in [-0.2, 0) is 11.2 Å². The molecule has 0 aliphatic carbocycles. The van der Waals surface area contributed by atoms with E-state index in [0.29, 0.717) is 5.69 Å². The van der Waals surface area contributed by atoms with Crippen LogP contribution in [0.2, 0.25) is 0 Å². The highest BCUT2D eigenvalue weighted by molar-refractivity contribution is 5.66. The quantitative estimate of drug-likeness (QED) is 0.907. The summed E-state index contributed by atoms with van der Waals surface area (Å²) < 4.78 is 27.5. The summed E-state index contributed by atoms with van der Waals surface area (Å²) in [5.41, 5.74) is 0.666. The molecule has 1 aromatic heterocycles. The van der Waals surface area contributed by atoms with Gasteiger partial charge in [0, 0.05) is 18.7 Å². The maximum atomic E-state index is 13.5. The van der Waals surface area contributed by atoms with Crippen LogP contribution in [0.5, 0.6) is 0 Å². The van der Waals surface area contributed by atoms with Gasteiger partial charge in [0.15, 0.2) is 5.82 Å². The van der Waals surface area contributed by atoms with E-state index >= 15 is 0 Å². The van der Waals surface area contributed by atoms with Gasteiger partial charge >= 0.3 is 5.97 Å². The lowest BCUT2D eigenvalue weighted by molar-refractivity contribution is -0.136. The normalized spacial score (nSPS) is 10.6. The van der Waals surface area contributed by atoms with Crippen molar-refractivity contribution in [2.75, 3.05) is 0 Å². The van der Waals surface area contributed by atoms with E-state index in [9.17, 15) is 13.6 Å². The Morgan fingerprint density at radius 3 is 2.78 bits per heavy atom. The zero-order chi connectivity index (χ0) is 13.1. The highest BCUT2D eigenvalue weighted by Gasteiger charge is 2.08. The molecule has 0 atom stereocenters. The number of carbonyl (C=O) groups is 1. The van der Waals surface area contributed by atoms with E-state index in [1.807, 2.05) is 0 Å². The third-order valence-electron chi connectivity index (χ3n) is 2.40. The molecule has 2 rings (SSSR count). The first kappa shape index (κ1) is 12.2. The Labute approximate surface area is 101 Å². The molecule has 94 valence electrons. The monoisotopic (exact) mass is 252 g/mol. The molecule has 0 spiro atoms. The lowest BCUT2D eigenvalue weighted by atomic mass is 10.2. The fourth-order valence-corrected chi connectivity index (χ4v) is 1.53. The van der Waals surface area contributed by atoms with Gasteiger partial charge in [-0.1, -0.05) is 0 Å². The van der Waals surface area contributed by atoms with Crippen LogP contribution in [0.1, 0.15) is 12.1 Å². The van der Waals surface area contributed by atoms with Gasteiger partial charge in [-0.2, -0.15) is 5.10 Å². The van der Waals surface area contributed by atoms with Crippen LogP contribution in [0.4, 0.5) is 8.78 Å². The summed E-state index contributed by atoms with van der Waals surface area (Å²) in [6.07, 6.45) is 1.74. The van der Waals surface area contributed by atoms with Gasteiger partial charge in [-0.25, -0.2) is 13.5 Å². The number of aromatic nitrogens is 2. The van der Waals surface area contributed by atoms with Crippen LogP contribution in [0.25, 0.3) is 5.69 Å². The summed E-state index contributed by atoms with van der Waals surface area (Å²) in [4.78, 5) is 10.4. The summed E-state index contributed by atoms with van der Waals surface area (Å²) in [5.74, 6) is -2.30. The summed E-state index contributed by atoms with van der Waals surface area (Å²) in [5, 5.41) is 12.6. The van der Waals surface area contributed by atoms with Crippen LogP contribution < -0.4 is 0 Å². The van der Waals surface area contributed by atoms with Crippen molar-refractivity contribution < 1.29 is 18.7 Å². The highest BCUT2D eigenvalue weighted by Crippen LogP contribution is 2.14. The molecule has 4 nitrogen and oxygen atoms in total. The Bertz CT molecular complexity index is 581. The van der Waals surface area contributed by atoms with Gasteiger partial charge in [0.1, 0.15) is 11.5 Å². The number of hydrogen-bond acceptors (Lipinski definition) is 2. The number of carboxylic acid groups (broad SMARTS) is 1. The summed E-state index contributed by atoms with van der Waals surface area (Å²) in [6, 6.07) is 4.79. The molecule has 0 aliphatic rings. The number of aliphatic carboxylic acids is 1. The van der Waals surface area contributed by atoms with Gasteiger partial charge < -0.3 is 5.11 Å². The van der Waals surface area contributed by atoms with E-state index in [-0.39, 0.29) is 18.5 Å². The average molecular weight is 252 g/mol. The van der Waals surface area contributed by atoms with E-state index in [1.165, 1.54) is 16.9 Å². The number of rotatable bonds is 4. The Balaban J connectivity index is 2.21. The van der Waals surface area contributed by atoms with Crippen molar-refractivity contribution in [3.63, 3.8) is 0 Å². The Morgan fingerprint density at radius 1 is 1.33 bits per heavy atom. The lowest BCUT2D eigenvalue weighted by Crippen LogP contribution is -2.01. The fourth-order valence-electron chi connectivity index (χ4n) is 1.53. The molecule has 0 bridgehead atoms. The molecule has 0 saturated heterocycles. The number of nitrogens with zero attached hydrogens (tertiary/aromatic N) is 2. The minimum atomic E-state index is -0.919. The molecule has 18 heavy (non-hydrogen) atoms. The minimum Gasteiger partial charge on any atom is -0.481 e. The third kappa shape index (κ3) is 2.71. The second-order valence-electron chi connectivity index (χ2n) is 3.74. The van der Waals surface area contributed by atoms with Crippen LogP contribution in [-0.4, -0.2) is 20.9 Å². The Hall–Kier alpha value is -2.24. The Morgan fingerprint density at radius 2 is 2.11 bits per heavy atom. The zero-order valence-electron chi connectivity index (χ0n) is 9.31. The molecule has 0 radical (unpaired) electrons. The molecule has 6 heteroatoms. The first-order chi connectivity index (χ1) is 8.56. The largest absolute Gasteiger partial charge is 0.481 e. The topological polar surface area (TPSA) is 55.1 Å². The molecule has 1 N–H and O–H groups in total. The fraction of sp³-hybridized carbons (Fsp3) is 0.167. The number of halogens is 2. The van der Waals surface area contributed by atoms with Crippen molar-refractivity contribution in [3.8, 4) is 5.69 Å². The maximum absolute atomic E-state index is 13.5. The predicted octanol–water partition coefficient (Wildman–Crippen LogP) is 2.17. The van der Waals surface area contributed by atoms with Crippen molar-refractivity contribution >= 4 is 5.97 Å². The third-order valence-corrected chi connectivity index (χ3v) is 2.40. The van der Waals surface area contributed by atoms with E-state index in [0.717, 1.165) is 12.1 Å². The maximum Gasteiger partial charge on any atom is 0.303 e. The molecular formula is C12H10F2N2O2. The molecule has 0 saturated carbocycles. The van der Waals surface area contributed by atoms with Crippen molar-refractivity contribution in [3.05, 3.63) is 47.8 Å². The smallest absolute Gasteiger partial charge is 0.303 e. The zero-order valence-corrected chi connectivity index (χ0v) is 9.31. The van der Waals surface area contributed by atoms with Crippen LogP contribution in [0.3, 0.4) is 0 Å². The van der Waals surface area contributed by atoms with Gasteiger partial charge in [-0.3, -0.25) is 4.79 Å². The first-order valence-corrected chi connectivity index (χ1v) is 5.28. The lowest BCUT2D eigenvalue weighted by Gasteiger charge is -2.02. The number of aryl methyl sites for hydroxylation is 1. The molecular weight excluding hydrogens is 242 g/mol. The molecule has 0 fully saturated rings. The van der Waals surface area contributed by atoms with Crippen molar-refractivity contribution in [1.29, 1.82) is 0 Å². The van der Waals surface area contributed by atoms with Gasteiger partial charge in [-0.05, 0) is 18.2 Å². The molecule has 1 aromatic carbocycles. The average Bonchev–Trinajstić information content (AvgIpc) is 2.75.